The topological polar surface area (TPSA) is 30.5 Å². The van der Waals surface area contributed by atoms with Gasteiger partial charge in [0.05, 0.1) is 12.7 Å². The number of ether oxygens (including phenoxy) is 2. The molecular formula is C13H17F2NO2. The van der Waals surface area contributed by atoms with Crippen LogP contribution in [0.5, 0.6) is 5.75 Å². The van der Waals surface area contributed by atoms with Gasteiger partial charge in [0.25, 0.3) is 0 Å². The van der Waals surface area contributed by atoms with Gasteiger partial charge >= 0.3 is 6.61 Å². The zero-order valence-corrected chi connectivity index (χ0v) is 10.5. The van der Waals surface area contributed by atoms with Crippen LogP contribution in [0.4, 0.5) is 8.78 Å². The normalized spacial score (nSPS) is 23.1. The Morgan fingerprint density at radius 1 is 1.33 bits per heavy atom. The van der Waals surface area contributed by atoms with Crippen molar-refractivity contribution in [3.05, 3.63) is 29.8 Å². The molecule has 1 N–H and O–H groups in total. The first kappa shape index (κ1) is 13.2. The fourth-order valence-electron chi connectivity index (χ4n) is 1.87. The van der Waals surface area contributed by atoms with Gasteiger partial charge in [-0.2, -0.15) is 8.78 Å². The number of halogens is 2. The number of alkyl halides is 2. The predicted molar refractivity (Wildman–Crippen MR) is 63.8 cm³/mol. The third-order valence-electron chi connectivity index (χ3n) is 2.89. The van der Waals surface area contributed by atoms with Crippen LogP contribution in [0.1, 0.15) is 25.5 Å². The van der Waals surface area contributed by atoms with E-state index in [1.54, 1.807) is 12.1 Å². The molecule has 1 aliphatic heterocycles. The molecule has 3 nitrogen and oxygen atoms in total. The van der Waals surface area contributed by atoms with Crippen LogP contribution >= 0.6 is 0 Å². The van der Waals surface area contributed by atoms with Crippen molar-refractivity contribution in [1.82, 2.24) is 5.32 Å². The van der Waals surface area contributed by atoms with E-state index in [0.29, 0.717) is 13.2 Å². The molecular weight excluding hydrogens is 240 g/mol. The van der Waals surface area contributed by atoms with Crippen molar-refractivity contribution >= 4 is 0 Å². The summed E-state index contributed by atoms with van der Waals surface area (Å²) in [5, 5.41) is 3.38. The van der Waals surface area contributed by atoms with Gasteiger partial charge in [-0.1, -0.05) is 12.1 Å². The SMILES string of the molecule is CC1(C)COC(c2ccc(OC(F)F)cc2)CN1. The van der Waals surface area contributed by atoms with Gasteiger partial charge in [-0.25, -0.2) is 0 Å². The highest BCUT2D eigenvalue weighted by molar-refractivity contribution is 5.29. The van der Waals surface area contributed by atoms with E-state index in [4.69, 9.17) is 4.74 Å². The van der Waals surface area contributed by atoms with Crippen molar-refractivity contribution in [3.63, 3.8) is 0 Å². The van der Waals surface area contributed by atoms with Gasteiger partial charge in [-0.05, 0) is 31.5 Å². The molecule has 0 spiro atoms. The zero-order valence-electron chi connectivity index (χ0n) is 10.5. The predicted octanol–water partition coefficient (Wildman–Crippen LogP) is 2.73. The highest BCUT2D eigenvalue weighted by Crippen LogP contribution is 2.25. The van der Waals surface area contributed by atoms with E-state index >= 15 is 0 Å². The quantitative estimate of drug-likeness (QED) is 0.903. The minimum atomic E-state index is -2.79. The first-order valence-electron chi connectivity index (χ1n) is 5.88. The molecule has 0 saturated carbocycles. The Hall–Kier alpha value is -1.20. The van der Waals surface area contributed by atoms with Crippen molar-refractivity contribution in [3.8, 4) is 5.75 Å². The molecule has 2 rings (SSSR count). The number of rotatable bonds is 3. The highest BCUT2D eigenvalue weighted by Gasteiger charge is 2.27. The van der Waals surface area contributed by atoms with E-state index < -0.39 is 6.61 Å². The Bertz CT molecular complexity index is 382. The lowest BCUT2D eigenvalue weighted by atomic mass is 10.0. The molecule has 1 aromatic rings. The summed E-state index contributed by atoms with van der Waals surface area (Å²) >= 11 is 0. The first-order valence-corrected chi connectivity index (χ1v) is 5.88. The molecule has 0 bridgehead atoms. The number of morpholine rings is 1. The van der Waals surface area contributed by atoms with Gasteiger partial charge in [0.1, 0.15) is 5.75 Å². The van der Waals surface area contributed by atoms with Gasteiger partial charge in [0.15, 0.2) is 0 Å². The molecule has 100 valence electrons. The lowest BCUT2D eigenvalue weighted by molar-refractivity contribution is -0.0499. The summed E-state index contributed by atoms with van der Waals surface area (Å²) in [4.78, 5) is 0. The maximum absolute atomic E-state index is 12.0. The van der Waals surface area contributed by atoms with E-state index in [1.807, 2.05) is 0 Å². The Kier molecular flexibility index (Phi) is 3.82. The van der Waals surface area contributed by atoms with Gasteiger partial charge in [-0.3, -0.25) is 0 Å². The maximum Gasteiger partial charge on any atom is 0.387 e. The summed E-state index contributed by atoms with van der Waals surface area (Å²) in [5.74, 6) is 0.165. The Morgan fingerprint density at radius 2 is 2.00 bits per heavy atom. The molecule has 1 aliphatic rings. The first-order chi connectivity index (χ1) is 8.46. The third-order valence-corrected chi connectivity index (χ3v) is 2.89. The number of hydrogen-bond donors (Lipinski definition) is 1. The van der Waals surface area contributed by atoms with Crippen molar-refractivity contribution in [1.29, 1.82) is 0 Å². The second-order valence-corrected chi connectivity index (χ2v) is 5.01. The van der Waals surface area contributed by atoms with Crippen LogP contribution in [-0.2, 0) is 4.74 Å². The third kappa shape index (κ3) is 3.40. The summed E-state index contributed by atoms with van der Waals surface area (Å²) in [7, 11) is 0. The zero-order chi connectivity index (χ0) is 13.2. The number of hydrogen-bond acceptors (Lipinski definition) is 3. The summed E-state index contributed by atoms with van der Waals surface area (Å²) < 4.78 is 34.1. The summed E-state index contributed by atoms with van der Waals surface area (Å²) in [6.07, 6.45) is -0.0429. The van der Waals surface area contributed by atoms with Crippen LogP contribution in [0.15, 0.2) is 24.3 Å². The van der Waals surface area contributed by atoms with E-state index in [-0.39, 0.29) is 17.4 Å². The van der Waals surface area contributed by atoms with E-state index in [2.05, 4.69) is 23.9 Å². The molecule has 1 heterocycles. The van der Waals surface area contributed by atoms with Gasteiger partial charge in [0, 0.05) is 12.1 Å². The Balaban J connectivity index is 1.98. The lowest BCUT2D eigenvalue weighted by Gasteiger charge is -2.36. The van der Waals surface area contributed by atoms with Gasteiger partial charge in [-0.15, -0.1) is 0 Å². The van der Waals surface area contributed by atoms with Crippen LogP contribution in [0.3, 0.4) is 0 Å². The molecule has 0 amide bonds. The lowest BCUT2D eigenvalue weighted by Crippen LogP contribution is -2.50. The van der Waals surface area contributed by atoms with E-state index in [9.17, 15) is 8.78 Å². The van der Waals surface area contributed by atoms with Crippen LogP contribution < -0.4 is 10.1 Å². The van der Waals surface area contributed by atoms with Gasteiger partial charge < -0.3 is 14.8 Å². The van der Waals surface area contributed by atoms with Crippen LogP contribution in [0, 0.1) is 0 Å². The van der Waals surface area contributed by atoms with Crippen molar-refractivity contribution in [2.45, 2.75) is 32.1 Å². The molecule has 5 heteroatoms. The van der Waals surface area contributed by atoms with Crippen molar-refractivity contribution in [2.75, 3.05) is 13.2 Å². The molecule has 1 saturated heterocycles. The average Bonchev–Trinajstić information content (AvgIpc) is 2.30. The molecule has 0 aliphatic carbocycles. The van der Waals surface area contributed by atoms with Crippen LogP contribution in [0.25, 0.3) is 0 Å². The maximum atomic E-state index is 12.0. The molecule has 18 heavy (non-hydrogen) atoms. The summed E-state index contributed by atoms with van der Waals surface area (Å²) in [6.45, 7) is 2.69. The smallest absolute Gasteiger partial charge is 0.387 e. The molecule has 1 atom stereocenters. The van der Waals surface area contributed by atoms with Crippen molar-refractivity contribution in [2.24, 2.45) is 0 Å². The van der Waals surface area contributed by atoms with Crippen LogP contribution in [0.2, 0.25) is 0 Å². The van der Waals surface area contributed by atoms with E-state index in [0.717, 1.165) is 5.56 Å². The molecule has 1 fully saturated rings. The number of nitrogens with one attached hydrogen (secondary N) is 1. The largest absolute Gasteiger partial charge is 0.435 e. The average molecular weight is 257 g/mol. The Morgan fingerprint density at radius 3 is 2.50 bits per heavy atom. The number of benzene rings is 1. The standard InChI is InChI=1S/C13H17F2NO2/c1-13(2)8-17-11(7-16-13)9-3-5-10(6-4-9)18-12(14)15/h3-6,11-12,16H,7-8H2,1-2H3. The second kappa shape index (κ2) is 5.20. The monoisotopic (exact) mass is 257 g/mol. The van der Waals surface area contributed by atoms with E-state index in [1.165, 1.54) is 12.1 Å². The minimum absolute atomic E-state index is 0.0186. The van der Waals surface area contributed by atoms with Crippen LogP contribution in [-0.4, -0.2) is 25.3 Å². The molecule has 1 aromatic carbocycles. The Labute approximate surface area is 105 Å². The molecule has 0 radical (unpaired) electrons. The fraction of sp³-hybridized carbons (Fsp3) is 0.538. The second-order valence-electron chi connectivity index (χ2n) is 5.01. The molecule has 0 aromatic heterocycles. The minimum Gasteiger partial charge on any atom is -0.435 e. The fourth-order valence-corrected chi connectivity index (χ4v) is 1.87. The van der Waals surface area contributed by atoms with Gasteiger partial charge in [0.2, 0.25) is 0 Å². The highest BCUT2D eigenvalue weighted by atomic mass is 19.3. The summed E-state index contributed by atoms with van der Waals surface area (Å²) in [5.41, 5.74) is 0.939. The summed E-state index contributed by atoms with van der Waals surface area (Å²) in [6, 6.07) is 6.57. The van der Waals surface area contributed by atoms with Crippen molar-refractivity contribution < 1.29 is 18.3 Å². The molecule has 1 unspecified atom stereocenters.